The number of hydrogen-bond donors (Lipinski definition) is 1. The van der Waals surface area contributed by atoms with Crippen LogP contribution in [0.1, 0.15) is 12.7 Å². The van der Waals surface area contributed by atoms with Crippen LogP contribution in [0.3, 0.4) is 0 Å². The first-order chi connectivity index (χ1) is 11.3. The highest BCUT2D eigenvalue weighted by Crippen LogP contribution is 2.24. The summed E-state index contributed by atoms with van der Waals surface area (Å²) in [5.74, 6) is 2.22. The highest BCUT2D eigenvalue weighted by atomic mass is 32.2. The van der Waals surface area contributed by atoms with Gasteiger partial charge in [0.1, 0.15) is 5.76 Å². The summed E-state index contributed by atoms with van der Waals surface area (Å²) in [7, 11) is 0. The second kappa shape index (κ2) is 7.19. The van der Waals surface area contributed by atoms with Gasteiger partial charge in [-0.2, -0.15) is 0 Å². The monoisotopic (exact) mass is 332 g/mol. The highest BCUT2D eigenvalue weighted by molar-refractivity contribution is 7.99. The fraction of sp³-hybridized carbons (Fsp3) is 0.267. The van der Waals surface area contributed by atoms with Crippen LogP contribution in [0.4, 0.5) is 0 Å². The molecule has 0 aromatic carbocycles. The molecule has 8 heteroatoms. The zero-order chi connectivity index (χ0) is 16.1. The third-order valence-electron chi connectivity index (χ3n) is 3.15. The molecule has 0 aliphatic heterocycles. The third-order valence-corrected chi connectivity index (χ3v) is 4.11. The Balaban J connectivity index is 1.58. The first kappa shape index (κ1) is 15.4. The van der Waals surface area contributed by atoms with Crippen molar-refractivity contribution < 1.29 is 13.6 Å². The van der Waals surface area contributed by atoms with Gasteiger partial charge in [-0.15, -0.1) is 10.2 Å². The number of carbonyl (C=O) groups is 1. The minimum absolute atomic E-state index is 0.0865. The van der Waals surface area contributed by atoms with Crippen LogP contribution in [0.5, 0.6) is 0 Å². The van der Waals surface area contributed by atoms with Gasteiger partial charge in [0, 0.05) is 6.54 Å². The van der Waals surface area contributed by atoms with Crippen LogP contribution in [0.15, 0.2) is 50.8 Å². The smallest absolute Gasteiger partial charge is 0.230 e. The summed E-state index contributed by atoms with van der Waals surface area (Å²) < 4.78 is 12.4. The van der Waals surface area contributed by atoms with Crippen LogP contribution in [-0.2, 0) is 17.9 Å². The van der Waals surface area contributed by atoms with Gasteiger partial charge in [-0.1, -0.05) is 11.8 Å². The van der Waals surface area contributed by atoms with Crippen molar-refractivity contribution in [2.45, 2.75) is 25.2 Å². The van der Waals surface area contributed by atoms with Gasteiger partial charge < -0.3 is 14.2 Å². The lowest BCUT2D eigenvalue weighted by Crippen LogP contribution is -2.24. The van der Waals surface area contributed by atoms with Crippen molar-refractivity contribution >= 4 is 17.7 Å². The Kier molecular flexibility index (Phi) is 4.82. The maximum atomic E-state index is 11.9. The van der Waals surface area contributed by atoms with E-state index in [2.05, 4.69) is 15.5 Å². The van der Waals surface area contributed by atoms with E-state index in [1.165, 1.54) is 11.8 Å². The number of amides is 1. The van der Waals surface area contributed by atoms with E-state index in [1.807, 2.05) is 23.6 Å². The van der Waals surface area contributed by atoms with E-state index in [9.17, 15) is 4.79 Å². The molecule has 3 aromatic rings. The lowest BCUT2D eigenvalue weighted by Gasteiger charge is -2.06. The van der Waals surface area contributed by atoms with Gasteiger partial charge in [0.05, 0.1) is 24.8 Å². The average molecular weight is 332 g/mol. The third kappa shape index (κ3) is 3.65. The summed E-state index contributed by atoms with van der Waals surface area (Å²) >= 11 is 1.34. The Hall–Kier alpha value is -2.48. The lowest BCUT2D eigenvalue weighted by atomic mass is 10.4. The number of rotatable bonds is 7. The number of furan rings is 2. The molecular formula is C15H16N4O3S. The Morgan fingerprint density at radius 1 is 1.26 bits per heavy atom. The summed E-state index contributed by atoms with van der Waals surface area (Å²) in [6, 6.07) is 7.24. The van der Waals surface area contributed by atoms with Crippen LogP contribution in [-0.4, -0.2) is 26.4 Å². The zero-order valence-corrected chi connectivity index (χ0v) is 13.4. The predicted octanol–water partition coefficient (Wildman–Crippen LogP) is 2.56. The summed E-state index contributed by atoms with van der Waals surface area (Å²) in [5, 5.41) is 11.8. The van der Waals surface area contributed by atoms with Crippen molar-refractivity contribution in [1.29, 1.82) is 0 Å². The molecule has 0 aliphatic rings. The molecule has 0 fully saturated rings. The van der Waals surface area contributed by atoms with E-state index in [4.69, 9.17) is 8.83 Å². The Labute approximate surface area is 137 Å². The summed E-state index contributed by atoms with van der Waals surface area (Å²) in [6.45, 7) is 3.07. The number of carbonyl (C=O) groups excluding carboxylic acids is 1. The summed E-state index contributed by atoms with van der Waals surface area (Å²) in [4.78, 5) is 11.9. The average Bonchev–Trinajstić information content (AvgIpc) is 3.31. The van der Waals surface area contributed by atoms with Crippen molar-refractivity contribution in [3.8, 4) is 11.6 Å². The van der Waals surface area contributed by atoms with E-state index in [0.29, 0.717) is 29.8 Å². The fourth-order valence-corrected chi connectivity index (χ4v) is 2.88. The molecular weight excluding hydrogens is 316 g/mol. The molecule has 0 radical (unpaired) electrons. The number of thioether (sulfide) groups is 1. The molecule has 0 saturated heterocycles. The minimum atomic E-state index is -0.0865. The van der Waals surface area contributed by atoms with Gasteiger partial charge in [0.25, 0.3) is 0 Å². The van der Waals surface area contributed by atoms with Crippen LogP contribution < -0.4 is 5.32 Å². The van der Waals surface area contributed by atoms with Gasteiger partial charge in [-0.05, 0) is 31.2 Å². The first-order valence-corrected chi connectivity index (χ1v) is 8.15. The Morgan fingerprint density at radius 3 is 2.78 bits per heavy atom. The van der Waals surface area contributed by atoms with E-state index < -0.39 is 0 Å². The first-order valence-electron chi connectivity index (χ1n) is 7.17. The van der Waals surface area contributed by atoms with Crippen LogP contribution in [0.2, 0.25) is 0 Å². The molecule has 23 heavy (non-hydrogen) atoms. The summed E-state index contributed by atoms with van der Waals surface area (Å²) in [5.41, 5.74) is 0. The van der Waals surface area contributed by atoms with Crippen LogP contribution in [0.25, 0.3) is 11.6 Å². The van der Waals surface area contributed by atoms with E-state index >= 15 is 0 Å². The molecule has 0 saturated carbocycles. The van der Waals surface area contributed by atoms with Crippen molar-refractivity contribution in [3.05, 3.63) is 42.6 Å². The minimum Gasteiger partial charge on any atom is -0.467 e. The number of nitrogens with one attached hydrogen (secondary N) is 1. The zero-order valence-electron chi connectivity index (χ0n) is 12.6. The standard InChI is InChI=1S/C15H16N4O3S/c1-2-19-14(12-6-4-8-22-12)17-18-15(19)23-10-13(20)16-9-11-5-3-7-21-11/h3-8H,2,9-10H2,1H3,(H,16,20). The van der Waals surface area contributed by atoms with E-state index in [-0.39, 0.29) is 11.7 Å². The largest absolute Gasteiger partial charge is 0.467 e. The highest BCUT2D eigenvalue weighted by Gasteiger charge is 2.16. The maximum Gasteiger partial charge on any atom is 0.230 e. The van der Waals surface area contributed by atoms with E-state index in [1.54, 1.807) is 24.7 Å². The topological polar surface area (TPSA) is 86.1 Å². The van der Waals surface area contributed by atoms with Gasteiger partial charge in [-0.25, -0.2) is 0 Å². The maximum absolute atomic E-state index is 11.9. The van der Waals surface area contributed by atoms with Crippen LogP contribution in [0, 0.1) is 0 Å². The van der Waals surface area contributed by atoms with Gasteiger partial charge in [0.15, 0.2) is 16.7 Å². The van der Waals surface area contributed by atoms with Crippen molar-refractivity contribution in [1.82, 2.24) is 20.1 Å². The number of hydrogen-bond acceptors (Lipinski definition) is 6. The second-order valence-corrected chi connectivity index (χ2v) is 5.62. The molecule has 7 nitrogen and oxygen atoms in total. The van der Waals surface area contributed by atoms with Crippen LogP contribution >= 0.6 is 11.8 Å². The molecule has 0 atom stereocenters. The molecule has 0 aliphatic carbocycles. The second-order valence-electron chi connectivity index (χ2n) is 4.67. The molecule has 1 amide bonds. The molecule has 3 aromatic heterocycles. The van der Waals surface area contributed by atoms with Gasteiger partial charge >= 0.3 is 0 Å². The molecule has 1 N–H and O–H groups in total. The number of nitrogens with zero attached hydrogens (tertiary/aromatic N) is 3. The molecule has 0 bridgehead atoms. The van der Waals surface area contributed by atoms with Crippen molar-refractivity contribution in [2.24, 2.45) is 0 Å². The Bertz CT molecular complexity index is 750. The predicted molar refractivity (Wildman–Crippen MR) is 84.7 cm³/mol. The molecule has 3 rings (SSSR count). The Morgan fingerprint density at radius 2 is 2.09 bits per heavy atom. The SMILES string of the molecule is CCn1c(SCC(=O)NCc2ccco2)nnc1-c1ccco1. The summed E-state index contributed by atoms with van der Waals surface area (Å²) in [6.07, 6.45) is 3.18. The molecule has 3 heterocycles. The van der Waals surface area contributed by atoms with Crippen molar-refractivity contribution in [2.75, 3.05) is 5.75 Å². The molecule has 120 valence electrons. The molecule has 0 unspecified atom stereocenters. The lowest BCUT2D eigenvalue weighted by molar-refractivity contribution is -0.118. The number of aromatic nitrogens is 3. The van der Waals surface area contributed by atoms with Gasteiger partial charge in [-0.3, -0.25) is 9.36 Å². The van der Waals surface area contributed by atoms with Gasteiger partial charge in [0.2, 0.25) is 5.91 Å². The van der Waals surface area contributed by atoms with E-state index in [0.717, 1.165) is 5.76 Å². The normalized spacial score (nSPS) is 10.8. The fourth-order valence-electron chi connectivity index (χ4n) is 2.05. The quantitative estimate of drug-likeness (QED) is 0.669. The van der Waals surface area contributed by atoms with Crippen molar-refractivity contribution in [3.63, 3.8) is 0 Å². The molecule has 0 spiro atoms.